The summed E-state index contributed by atoms with van der Waals surface area (Å²) in [6.45, 7) is 15.8. The molecule has 0 spiro atoms. The number of aliphatic hydroxyl groups is 2. The summed E-state index contributed by atoms with van der Waals surface area (Å²) in [6, 6.07) is -1.08. The molecule has 32 heavy (non-hydrogen) atoms. The Labute approximate surface area is 196 Å². The fraction of sp³-hybridized carbons (Fsp3) is 0.923. The number of nitrogens with zero attached hydrogens (tertiary/aromatic N) is 1. The topological polar surface area (TPSA) is 104 Å². The molecular formula is C26H50N2O4. The number of nitrogens with two attached hydrogens (primary N) is 1. The van der Waals surface area contributed by atoms with Gasteiger partial charge in [0.15, 0.2) is 0 Å². The van der Waals surface area contributed by atoms with Crippen LogP contribution in [-0.4, -0.2) is 50.2 Å². The Kier molecular flexibility index (Phi) is 10.2. The maximum absolute atomic E-state index is 14.5. The highest BCUT2D eigenvalue weighted by molar-refractivity contribution is 6.04. The Hall–Kier alpha value is -1.14. The van der Waals surface area contributed by atoms with Gasteiger partial charge in [-0.05, 0) is 50.4 Å². The lowest BCUT2D eigenvalue weighted by atomic mass is 9.69. The van der Waals surface area contributed by atoms with Crippen molar-refractivity contribution < 1.29 is 19.8 Å². The van der Waals surface area contributed by atoms with Gasteiger partial charge in [-0.3, -0.25) is 9.59 Å². The molecule has 1 fully saturated rings. The number of carbonyl (C=O) groups is 2. The lowest BCUT2D eigenvalue weighted by molar-refractivity contribution is -0.181. The van der Waals surface area contributed by atoms with Crippen molar-refractivity contribution in [3.8, 4) is 0 Å². The van der Waals surface area contributed by atoms with Gasteiger partial charge in [0.1, 0.15) is 5.41 Å². The molecule has 1 saturated carbocycles. The fourth-order valence-corrected chi connectivity index (χ4v) is 6.13. The summed E-state index contributed by atoms with van der Waals surface area (Å²) in [5.74, 6) is -1.03. The highest BCUT2D eigenvalue weighted by Crippen LogP contribution is 2.44. The Bertz CT molecular complexity index is 587. The van der Waals surface area contributed by atoms with Crippen LogP contribution in [0.15, 0.2) is 0 Å². The molecule has 0 aliphatic heterocycles. The molecule has 0 radical (unpaired) electrons. The van der Waals surface area contributed by atoms with Crippen LogP contribution in [0.2, 0.25) is 0 Å². The van der Waals surface area contributed by atoms with Crippen molar-refractivity contribution in [2.45, 2.75) is 136 Å². The molecule has 0 bridgehead atoms. The molecule has 1 rings (SSSR count). The van der Waals surface area contributed by atoms with E-state index in [-0.39, 0.29) is 17.7 Å². The van der Waals surface area contributed by atoms with Gasteiger partial charge >= 0.3 is 0 Å². The summed E-state index contributed by atoms with van der Waals surface area (Å²) in [7, 11) is 0. The number of rotatable bonds is 12. The molecule has 2 atom stereocenters. The molecule has 0 aromatic carbocycles. The van der Waals surface area contributed by atoms with E-state index < -0.39 is 34.6 Å². The smallest absolute Gasteiger partial charge is 0.238 e. The Balaban J connectivity index is 3.90. The van der Waals surface area contributed by atoms with Gasteiger partial charge in [-0.1, -0.05) is 74.7 Å². The first-order valence-electron chi connectivity index (χ1n) is 12.9. The molecule has 0 aromatic heterocycles. The normalized spacial score (nSPS) is 19.1. The maximum atomic E-state index is 14.5. The Morgan fingerprint density at radius 1 is 0.812 bits per heavy atom. The zero-order chi connectivity index (χ0) is 24.9. The SMILES string of the molecule is CCC(O)(CC)C(C(C)C)N(C(=O)C1(C(N)=O)CCCCC1)C(C(C)C)C(O)(CC)CC. The minimum atomic E-state index is -1.27. The van der Waals surface area contributed by atoms with E-state index in [4.69, 9.17) is 5.73 Å². The summed E-state index contributed by atoms with van der Waals surface area (Å²) >= 11 is 0. The fourth-order valence-electron chi connectivity index (χ4n) is 6.13. The summed E-state index contributed by atoms with van der Waals surface area (Å²) < 4.78 is 0. The summed E-state index contributed by atoms with van der Waals surface area (Å²) in [5, 5.41) is 23.5. The van der Waals surface area contributed by atoms with E-state index in [1.165, 1.54) is 0 Å². The Morgan fingerprint density at radius 3 is 1.41 bits per heavy atom. The molecule has 6 nitrogen and oxygen atoms in total. The van der Waals surface area contributed by atoms with E-state index in [2.05, 4.69) is 0 Å². The average molecular weight is 455 g/mol. The van der Waals surface area contributed by atoms with Crippen LogP contribution in [0, 0.1) is 17.3 Å². The number of primary amides is 1. The van der Waals surface area contributed by atoms with Gasteiger partial charge in [-0.15, -0.1) is 0 Å². The third kappa shape index (κ3) is 5.32. The summed E-state index contributed by atoms with van der Waals surface area (Å²) in [6.07, 6.45) is 5.29. The van der Waals surface area contributed by atoms with Crippen LogP contribution in [0.4, 0.5) is 0 Å². The molecule has 6 heteroatoms. The third-order valence-electron chi connectivity index (χ3n) is 8.24. The lowest BCUT2D eigenvalue weighted by Crippen LogP contribution is -2.69. The highest BCUT2D eigenvalue weighted by Gasteiger charge is 2.56. The van der Waals surface area contributed by atoms with E-state index in [0.717, 1.165) is 19.3 Å². The average Bonchev–Trinajstić information content (AvgIpc) is 2.77. The van der Waals surface area contributed by atoms with Gasteiger partial charge < -0.3 is 20.8 Å². The first kappa shape index (κ1) is 28.9. The molecule has 1 aliphatic carbocycles. The second-order valence-corrected chi connectivity index (χ2v) is 10.7. The van der Waals surface area contributed by atoms with E-state index in [1.807, 2.05) is 55.4 Å². The molecule has 188 valence electrons. The van der Waals surface area contributed by atoms with Crippen LogP contribution >= 0.6 is 0 Å². The van der Waals surface area contributed by atoms with Crippen LogP contribution in [-0.2, 0) is 9.59 Å². The zero-order valence-electron chi connectivity index (χ0n) is 21.9. The first-order chi connectivity index (χ1) is 14.8. The Morgan fingerprint density at radius 2 is 1.16 bits per heavy atom. The molecular weight excluding hydrogens is 404 g/mol. The van der Waals surface area contributed by atoms with Crippen LogP contribution in [0.1, 0.15) is 113 Å². The summed E-state index contributed by atoms with van der Waals surface area (Å²) in [5.41, 5.74) is 2.39. The largest absolute Gasteiger partial charge is 0.388 e. The van der Waals surface area contributed by atoms with Crippen molar-refractivity contribution in [3.63, 3.8) is 0 Å². The van der Waals surface area contributed by atoms with Crippen molar-refractivity contribution in [2.24, 2.45) is 23.0 Å². The zero-order valence-corrected chi connectivity index (χ0v) is 21.9. The molecule has 0 saturated heterocycles. The van der Waals surface area contributed by atoms with E-state index in [9.17, 15) is 19.8 Å². The molecule has 4 N–H and O–H groups in total. The van der Waals surface area contributed by atoms with E-state index in [1.54, 1.807) is 4.90 Å². The quantitative estimate of drug-likeness (QED) is 0.380. The standard InChI is InChI=1S/C26H50N2O4/c1-9-25(31,10-2)20(18(5)6)28(21(19(7)8)26(32,11-3)12-4)23(30)24(22(27)29)16-14-13-15-17-24/h18-21,31-32H,9-17H2,1-8H3,(H2,27,29). The van der Waals surface area contributed by atoms with Gasteiger partial charge in [-0.25, -0.2) is 0 Å². The molecule has 1 aliphatic rings. The van der Waals surface area contributed by atoms with E-state index in [0.29, 0.717) is 38.5 Å². The number of hydrogen-bond acceptors (Lipinski definition) is 4. The van der Waals surface area contributed by atoms with Crippen molar-refractivity contribution in [1.29, 1.82) is 0 Å². The third-order valence-corrected chi connectivity index (χ3v) is 8.24. The van der Waals surface area contributed by atoms with Crippen molar-refractivity contribution >= 4 is 11.8 Å². The molecule has 0 heterocycles. The van der Waals surface area contributed by atoms with Crippen LogP contribution in [0.3, 0.4) is 0 Å². The number of amides is 2. The molecule has 2 amide bonds. The lowest BCUT2D eigenvalue weighted by Gasteiger charge is -2.55. The molecule has 0 aromatic rings. The first-order valence-corrected chi connectivity index (χ1v) is 12.9. The molecule has 2 unspecified atom stereocenters. The minimum Gasteiger partial charge on any atom is -0.388 e. The predicted octanol–water partition coefficient (Wildman–Crippen LogP) is 4.40. The van der Waals surface area contributed by atoms with Crippen LogP contribution in [0.25, 0.3) is 0 Å². The van der Waals surface area contributed by atoms with Crippen molar-refractivity contribution in [3.05, 3.63) is 0 Å². The van der Waals surface area contributed by atoms with E-state index >= 15 is 0 Å². The van der Waals surface area contributed by atoms with Gasteiger partial charge in [0.25, 0.3) is 0 Å². The number of hydrogen-bond donors (Lipinski definition) is 3. The van der Waals surface area contributed by atoms with Gasteiger partial charge in [0.2, 0.25) is 11.8 Å². The van der Waals surface area contributed by atoms with Crippen molar-refractivity contribution in [2.75, 3.05) is 0 Å². The van der Waals surface area contributed by atoms with Gasteiger partial charge in [0, 0.05) is 0 Å². The number of carbonyl (C=O) groups excluding carboxylic acids is 2. The van der Waals surface area contributed by atoms with Crippen LogP contribution < -0.4 is 5.73 Å². The van der Waals surface area contributed by atoms with Crippen LogP contribution in [0.5, 0.6) is 0 Å². The second-order valence-electron chi connectivity index (χ2n) is 10.7. The van der Waals surface area contributed by atoms with Gasteiger partial charge in [0.05, 0.1) is 23.3 Å². The summed E-state index contributed by atoms with van der Waals surface area (Å²) in [4.78, 5) is 29.1. The van der Waals surface area contributed by atoms with Gasteiger partial charge in [-0.2, -0.15) is 0 Å². The highest BCUT2D eigenvalue weighted by atomic mass is 16.3. The maximum Gasteiger partial charge on any atom is 0.238 e. The second kappa shape index (κ2) is 11.3. The van der Waals surface area contributed by atoms with Crippen molar-refractivity contribution in [1.82, 2.24) is 4.90 Å². The predicted molar refractivity (Wildman–Crippen MR) is 130 cm³/mol. The minimum absolute atomic E-state index is 0.0726. The monoisotopic (exact) mass is 454 g/mol.